The molecular weight excluding hydrogens is 164 g/mol. The summed E-state index contributed by atoms with van der Waals surface area (Å²) < 4.78 is 0. The Kier molecular flexibility index (Phi) is 6.59. The van der Waals surface area contributed by atoms with Crippen LogP contribution >= 0.6 is 0 Å². The van der Waals surface area contributed by atoms with Gasteiger partial charge < -0.3 is 11.1 Å². The first kappa shape index (κ1) is 12.4. The molecule has 0 rings (SSSR count). The summed E-state index contributed by atoms with van der Waals surface area (Å²) in [6, 6.07) is 0.237. The minimum absolute atomic E-state index is 0.135. The summed E-state index contributed by atoms with van der Waals surface area (Å²) >= 11 is 0. The van der Waals surface area contributed by atoms with Crippen LogP contribution in [0.5, 0.6) is 0 Å². The van der Waals surface area contributed by atoms with Gasteiger partial charge in [-0.05, 0) is 26.2 Å². The van der Waals surface area contributed by atoms with Crippen LogP contribution in [0.15, 0.2) is 0 Å². The summed E-state index contributed by atoms with van der Waals surface area (Å²) in [5.74, 6) is 0.294. The van der Waals surface area contributed by atoms with Crippen molar-refractivity contribution in [2.75, 3.05) is 6.54 Å². The van der Waals surface area contributed by atoms with E-state index in [9.17, 15) is 4.79 Å². The Hall–Kier alpha value is -0.570. The highest BCUT2D eigenvalue weighted by Crippen LogP contribution is 1.99. The van der Waals surface area contributed by atoms with E-state index in [4.69, 9.17) is 5.73 Å². The standard InChI is InChI=1S/C10H22N2O/c1-4-8(2)10(13)12-7-5-6-9(3)11/h8-9H,4-7,11H2,1-3H3,(H,12,13). The molecule has 0 fully saturated rings. The van der Waals surface area contributed by atoms with E-state index in [0.717, 1.165) is 25.8 Å². The Morgan fingerprint density at radius 2 is 2.08 bits per heavy atom. The minimum Gasteiger partial charge on any atom is -0.356 e. The van der Waals surface area contributed by atoms with Gasteiger partial charge in [0.1, 0.15) is 0 Å². The lowest BCUT2D eigenvalue weighted by atomic mass is 10.1. The first-order valence-corrected chi connectivity index (χ1v) is 5.11. The molecule has 1 amide bonds. The lowest BCUT2D eigenvalue weighted by Crippen LogP contribution is -2.30. The number of carbonyl (C=O) groups excluding carboxylic acids is 1. The number of nitrogens with two attached hydrogens (primary N) is 1. The first-order valence-electron chi connectivity index (χ1n) is 5.11. The molecule has 0 aromatic heterocycles. The number of amides is 1. The van der Waals surface area contributed by atoms with Gasteiger partial charge in [-0.1, -0.05) is 13.8 Å². The van der Waals surface area contributed by atoms with Gasteiger partial charge in [-0.25, -0.2) is 0 Å². The average molecular weight is 186 g/mol. The summed E-state index contributed by atoms with van der Waals surface area (Å²) in [5.41, 5.74) is 5.58. The van der Waals surface area contributed by atoms with Gasteiger partial charge in [0.2, 0.25) is 5.91 Å². The van der Waals surface area contributed by atoms with Gasteiger partial charge in [-0.2, -0.15) is 0 Å². The van der Waals surface area contributed by atoms with E-state index in [1.54, 1.807) is 0 Å². The third-order valence-electron chi connectivity index (χ3n) is 2.20. The van der Waals surface area contributed by atoms with Gasteiger partial charge in [0.15, 0.2) is 0 Å². The van der Waals surface area contributed by atoms with E-state index in [2.05, 4.69) is 5.32 Å². The predicted octanol–water partition coefficient (Wildman–Crippen LogP) is 1.28. The molecule has 0 saturated heterocycles. The van der Waals surface area contributed by atoms with Crippen molar-refractivity contribution >= 4 is 5.91 Å². The second kappa shape index (κ2) is 6.89. The Labute approximate surface area is 81.1 Å². The minimum atomic E-state index is 0.135. The molecule has 3 nitrogen and oxygen atoms in total. The van der Waals surface area contributed by atoms with Crippen molar-refractivity contribution in [3.05, 3.63) is 0 Å². The fourth-order valence-electron chi connectivity index (χ4n) is 0.995. The van der Waals surface area contributed by atoms with Crippen molar-refractivity contribution in [2.45, 2.75) is 46.1 Å². The van der Waals surface area contributed by atoms with Crippen LogP contribution in [0.3, 0.4) is 0 Å². The highest BCUT2D eigenvalue weighted by molar-refractivity contribution is 5.78. The van der Waals surface area contributed by atoms with Crippen LogP contribution in [0, 0.1) is 5.92 Å². The fraction of sp³-hybridized carbons (Fsp3) is 0.900. The first-order chi connectivity index (χ1) is 6.07. The van der Waals surface area contributed by atoms with E-state index in [0.29, 0.717) is 0 Å². The highest BCUT2D eigenvalue weighted by atomic mass is 16.1. The third kappa shape index (κ3) is 6.58. The lowest BCUT2D eigenvalue weighted by molar-refractivity contribution is -0.124. The Bertz CT molecular complexity index is 146. The Balaban J connectivity index is 3.37. The third-order valence-corrected chi connectivity index (χ3v) is 2.20. The Morgan fingerprint density at radius 1 is 1.46 bits per heavy atom. The van der Waals surface area contributed by atoms with E-state index in [-0.39, 0.29) is 17.9 Å². The molecule has 0 spiro atoms. The maximum absolute atomic E-state index is 11.3. The van der Waals surface area contributed by atoms with Crippen LogP contribution in [0.25, 0.3) is 0 Å². The number of hydrogen-bond donors (Lipinski definition) is 2. The number of carbonyl (C=O) groups is 1. The quantitative estimate of drug-likeness (QED) is 0.614. The molecule has 78 valence electrons. The van der Waals surface area contributed by atoms with Gasteiger partial charge in [0, 0.05) is 18.5 Å². The van der Waals surface area contributed by atoms with Gasteiger partial charge in [-0.15, -0.1) is 0 Å². The van der Waals surface area contributed by atoms with Crippen molar-refractivity contribution in [1.29, 1.82) is 0 Å². The van der Waals surface area contributed by atoms with Crippen LogP contribution in [-0.4, -0.2) is 18.5 Å². The van der Waals surface area contributed by atoms with Crippen molar-refractivity contribution in [2.24, 2.45) is 11.7 Å². The van der Waals surface area contributed by atoms with Gasteiger partial charge in [0.05, 0.1) is 0 Å². The second-order valence-electron chi connectivity index (χ2n) is 3.72. The van der Waals surface area contributed by atoms with E-state index < -0.39 is 0 Å². The van der Waals surface area contributed by atoms with Crippen LogP contribution in [0.1, 0.15) is 40.0 Å². The SMILES string of the molecule is CCC(C)C(=O)NCCCC(C)N. The lowest BCUT2D eigenvalue weighted by Gasteiger charge is -2.10. The molecule has 0 heterocycles. The molecule has 0 aliphatic heterocycles. The van der Waals surface area contributed by atoms with Crippen molar-refractivity contribution in [3.63, 3.8) is 0 Å². The molecule has 2 atom stereocenters. The molecule has 0 saturated carbocycles. The topological polar surface area (TPSA) is 55.1 Å². The van der Waals surface area contributed by atoms with Crippen molar-refractivity contribution in [3.8, 4) is 0 Å². The zero-order valence-corrected chi connectivity index (χ0v) is 8.97. The molecule has 0 aliphatic rings. The second-order valence-corrected chi connectivity index (χ2v) is 3.72. The van der Waals surface area contributed by atoms with Crippen LogP contribution in [0.2, 0.25) is 0 Å². The molecule has 3 N–H and O–H groups in total. The normalized spacial score (nSPS) is 15.1. The van der Waals surface area contributed by atoms with E-state index in [1.807, 2.05) is 20.8 Å². The van der Waals surface area contributed by atoms with Crippen LogP contribution in [0.4, 0.5) is 0 Å². The van der Waals surface area contributed by atoms with Crippen molar-refractivity contribution < 1.29 is 4.79 Å². The molecule has 0 bridgehead atoms. The highest BCUT2D eigenvalue weighted by Gasteiger charge is 2.08. The van der Waals surface area contributed by atoms with Crippen LogP contribution in [-0.2, 0) is 4.79 Å². The van der Waals surface area contributed by atoms with Gasteiger partial charge >= 0.3 is 0 Å². The van der Waals surface area contributed by atoms with Crippen molar-refractivity contribution in [1.82, 2.24) is 5.32 Å². The maximum Gasteiger partial charge on any atom is 0.222 e. The zero-order valence-electron chi connectivity index (χ0n) is 8.97. The van der Waals surface area contributed by atoms with Crippen LogP contribution < -0.4 is 11.1 Å². The summed E-state index contributed by atoms with van der Waals surface area (Å²) in [5, 5.41) is 2.89. The van der Waals surface area contributed by atoms with Gasteiger partial charge in [0.25, 0.3) is 0 Å². The molecule has 0 aromatic carbocycles. The molecule has 0 aromatic rings. The molecule has 0 radical (unpaired) electrons. The molecular formula is C10H22N2O. The van der Waals surface area contributed by atoms with E-state index in [1.165, 1.54) is 0 Å². The zero-order chi connectivity index (χ0) is 10.3. The predicted molar refractivity (Wildman–Crippen MR) is 55.3 cm³/mol. The number of rotatable bonds is 6. The summed E-state index contributed by atoms with van der Waals surface area (Å²) in [6.45, 7) is 6.70. The average Bonchev–Trinajstić information content (AvgIpc) is 2.10. The molecule has 2 unspecified atom stereocenters. The monoisotopic (exact) mass is 186 g/mol. The largest absolute Gasteiger partial charge is 0.356 e. The molecule has 0 aliphatic carbocycles. The number of hydrogen-bond acceptors (Lipinski definition) is 2. The summed E-state index contributed by atoms with van der Waals surface area (Å²) in [4.78, 5) is 11.3. The maximum atomic E-state index is 11.3. The van der Waals surface area contributed by atoms with E-state index >= 15 is 0 Å². The van der Waals surface area contributed by atoms with Gasteiger partial charge in [-0.3, -0.25) is 4.79 Å². The molecule has 3 heteroatoms. The molecule has 13 heavy (non-hydrogen) atoms. The number of nitrogens with one attached hydrogen (secondary N) is 1. The Morgan fingerprint density at radius 3 is 2.54 bits per heavy atom. The summed E-state index contributed by atoms with van der Waals surface area (Å²) in [6.07, 6.45) is 2.85. The fourth-order valence-corrected chi connectivity index (χ4v) is 0.995. The smallest absolute Gasteiger partial charge is 0.222 e. The summed E-state index contributed by atoms with van der Waals surface area (Å²) in [7, 11) is 0.